The lowest BCUT2D eigenvalue weighted by Crippen LogP contribution is -2.52. The monoisotopic (exact) mass is 284 g/mol. The second kappa shape index (κ2) is 5.44. The first kappa shape index (κ1) is 12.8. The molecule has 1 N–H and O–H groups in total. The summed E-state index contributed by atoms with van der Waals surface area (Å²) >= 11 is 0. The van der Waals surface area contributed by atoms with Crippen molar-refractivity contribution in [1.82, 2.24) is 25.5 Å². The van der Waals surface area contributed by atoms with Crippen LogP contribution in [-0.4, -0.2) is 51.7 Å². The quantitative estimate of drug-likeness (QED) is 0.916. The lowest BCUT2D eigenvalue weighted by atomic mass is 9.84. The van der Waals surface area contributed by atoms with Gasteiger partial charge in [0.1, 0.15) is 0 Å². The van der Waals surface area contributed by atoms with Crippen LogP contribution in [0.1, 0.15) is 12.0 Å². The number of nitrogens with zero attached hydrogens (tertiary/aromatic N) is 5. The minimum atomic E-state index is 0.708. The SMILES string of the molecule is c1ccc(CN2CC3CC(C2)CN(c2nn[nH]n2)C3)cc1. The fourth-order valence-corrected chi connectivity index (χ4v) is 3.81. The molecule has 2 unspecified atom stereocenters. The number of aromatic nitrogens is 4. The number of hydrogen-bond donors (Lipinski definition) is 1. The Balaban J connectivity index is 1.41. The van der Waals surface area contributed by atoms with Crippen molar-refractivity contribution in [3.8, 4) is 0 Å². The molecule has 1 aromatic carbocycles. The number of tetrazole rings is 1. The van der Waals surface area contributed by atoms with Gasteiger partial charge in [-0.15, -0.1) is 5.10 Å². The molecule has 110 valence electrons. The van der Waals surface area contributed by atoms with Crippen LogP contribution >= 0.6 is 0 Å². The van der Waals surface area contributed by atoms with Crippen molar-refractivity contribution in [2.24, 2.45) is 11.8 Å². The van der Waals surface area contributed by atoms with Crippen LogP contribution in [0, 0.1) is 11.8 Å². The van der Waals surface area contributed by atoms with Crippen LogP contribution in [0.3, 0.4) is 0 Å². The van der Waals surface area contributed by atoms with Crippen molar-refractivity contribution >= 4 is 5.95 Å². The Morgan fingerprint density at radius 1 is 1.05 bits per heavy atom. The van der Waals surface area contributed by atoms with Gasteiger partial charge in [-0.1, -0.05) is 35.4 Å². The predicted molar refractivity (Wildman–Crippen MR) is 79.7 cm³/mol. The highest BCUT2D eigenvalue weighted by Crippen LogP contribution is 2.30. The molecule has 0 amide bonds. The Kier molecular flexibility index (Phi) is 3.31. The molecule has 0 radical (unpaired) electrons. The first-order valence-electron chi connectivity index (χ1n) is 7.61. The van der Waals surface area contributed by atoms with Crippen molar-refractivity contribution < 1.29 is 0 Å². The Morgan fingerprint density at radius 2 is 1.81 bits per heavy atom. The Bertz CT molecular complexity index is 555. The number of aromatic amines is 1. The van der Waals surface area contributed by atoms with Crippen LogP contribution in [0.25, 0.3) is 0 Å². The number of nitrogens with one attached hydrogen (secondary N) is 1. The molecular formula is C15H20N6. The molecule has 2 aliphatic heterocycles. The minimum absolute atomic E-state index is 0.708. The van der Waals surface area contributed by atoms with Crippen LogP contribution in [0.15, 0.2) is 30.3 Å². The smallest absolute Gasteiger partial charge is 0.265 e. The van der Waals surface area contributed by atoms with Gasteiger partial charge in [-0.05, 0) is 29.0 Å². The van der Waals surface area contributed by atoms with E-state index >= 15 is 0 Å². The number of rotatable bonds is 3. The van der Waals surface area contributed by atoms with Gasteiger partial charge >= 0.3 is 0 Å². The van der Waals surface area contributed by atoms with Gasteiger partial charge in [0.05, 0.1) is 0 Å². The Labute approximate surface area is 124 Å². The normalized spacial score (nSPS) is 26.0. The maximum Gasteiger partial charge on any atom is 0.265 e. The van der Waals surface area contributed by atoms with E-state index in [1.165, 1.54) is 25.1 Å². The van der Waals surface area contributed by atoms with Crippen molar-refractivity contribution in [2.45, 2.75) is 13.0 Å². The number of piperidine rings is 2. The summed E-state index contributed by atoms with van der Waals surface area (Å²) in [5.41, 5.74) is 1.41. The predicted octanol–water partition coefficient (Wildman–Crippen LogP) is 1.16. The Morgan fingerprint density at radius 3 is 2.48 bits per heavy atom. The van der Waals surface area contributed by atoms with E-state index in [0.717, 1.165) is 25.6 Å². The minimum Gasteiger partial charge on any atom is -0.338 e. The summed E-state index contributed by atoms with van der Waals surface area (Å²) in [6.45, 7) is 5.48. The second-order valence-electron chi connectivity index (χ2n) is 6.26. The van der Waals surface area contributed by atoms with Gasteiger partial charge in [0.25, 0.3) is 5.95 Å². The first-order valence-corrected chi connectivity index (χ1v) is 7.61. The average Bonchev–Trinajstić information content (AvgIpc) is 3.01. The molecule has 0 aliphatic carbocycles. The van der Waals surface area contributed by atoms with Gasteiger partial charge in [0, 0.05) is 32.7 Å². The molecule has 2 bridgehead atoms. The molecule has 0 spiro atoms. The summed E-state index contributed by atoms with van der Waals surface area (Å²) < 4.78 is 0. The van der Waals surface area contributed by atoms with Crippen LogP contribution < -0.4 is 4.90 Å². The van der Waals surface area contributed by atoms with Crippen molar-refractivity contribution in [1.29, 1.82) is 0 Å². The maximum atomic E-state index is 4.12. The van der Waals surface area contributed by atoms with E-state index in [9.17, 15) is 0 Å². The fraction of sp³-hybridized carbons (Fsp3) is 0.533. The van der Waals surface area contributed by atoms with Crippen LogP contribution in [-0.2, 0) is 6.54 Å². The van der Waals surface area contributed by atoms with Gasteiger partial charge in [-0.2, -0.15) is 5.21 Å². The van der Waals surface area contributed by atoms with Gasteiger partial charge in [-0.3, -0.25) is 4.90 Å². The molecule has 1 aromatic heterocycles. The molecule has 2 saturated heterocycles. The number of fused-ring (bicyclic) bond motifs is 2. The summed E-state index contributed by atoms with van der Waals surface area (Å²) in [6.07, 6.45) is 1.33. The average molecular weight is 284 g/mol. The number of anilines is 1. The van der Waals surface area contributed by atoms with Gasteiger partial charge in [0.2, 0.25) is 0 Å². The highest BCUT2D eigenvalue weighted by Gasteiger charge is 2.35. The number of H-pyrrole nitrogens is 1. The van der Waals surface area contributed by atoms with E-state index in [0.29, 0.717) is 11.8 Å². The van der Waals surface area contributed by atoms with E-state index in [4.69, 9.17) is 0 Å². The molecule has 6 heteroatoms. The molecular weight excluding hydrogens is 264 g/mol. The number of likely N-dealkylation sites (tertiary alicyclic amines) is 1. The second-order valence-corrected chi connectivity index (χ2v) is 6.26. The summed E-state index contributed by atoms with van der Waals surface area (Å²) in [4.78, 5) is 4.88. The third-order valence-electron chi connectivity index (χ3n) is 4.52. The van der Waals surface area contributed by atoms with Crippen LogP contribution in [0.2, 0.25) is 0 Å². The zero-order valence-electron chi connectivity index (χ0n) is 12.0. The largest absolute Gasteiger partial charge is 0.338 e. The van der Waals surface area contributed by atoms with Crippen molar-refractivity contribution in [2.75, 3.05) is 31.1 Å². The maximum absolute atomic E-state index is 4.12. The molecule has 0 saturated carbocycles. The molecule has 21 heavy (non-hydrogen) atoms. The summed E-state index contributed by atoms with van der Waals surface area (Å²) in [7, 11) is 0. The summed E-state index contributed by atoms with van der Waals surface area (Å²) in [5, 5.41) is 14.5. The number of benzene rings is 1. The summed E-state index contributed by atoms with van der Waals surface area (Å²) in [5.74, 6) is 2.17. The molecule has 3 heterocycles. The molecule has 2 atom stereocenters. The van der Waals surface area contributed by atoms with Crippen molar-refractivity contribution in [3.05, 3.63) is 35.9 Å². The Hall–Kier alpha value is -1.95. The molecule has 2 aromatic rings. The van der Waals surface area contributed by atoms with Gasteiger partial charge < -0.3 is 4.90 Å². The van der Waals surface area contributed by atoms with Crippen molar-refractivity contribution in [3.63, 3.8) is 0 Å². The topological polar surface area (TPSA) is 60.9 Å². The lowest BCUT2D eigenvalue weighted by Gasteiger charge is -2.45. The van der Waals surface area contributed by atoms with Crippen LogP contribution in [0.5, 0.6) is 0 Å². The molecule has 6 nitrogen and oxygen atoms in total. The summed E-state index contributed by atoms with van der Waals surface area (Å²) in [6, 6.07) is 10.8. The lowest BCUT2D eigenvalue weighted by molar-refractivity contribution is 0.102. The van der Waals surface area contributed by atoms with Gasteiger partial charge in [-0.25, -0.2) is 0 Å². The molecule has 2 fully saturated rings. The van der Waals surface area contributed by atoms with Gasteiger partial charge in [0.15, 0.2) is 0 Å². The molecule has 4 rings (SSSR count). The first-order chi connectivity index (χ1) is 10.4. The zero-order valence-corrected chi connectivity index (χ0v) is 12.0. The molecule has 2 aliphatic rings. The number of hydrogen-bond acceptors (Lipinski definition) is 5. The third-order valence-corrected chi connectivity index (χ3v) is 4.52. The van der Waals surface area contributed by atoms with E-state index < -0.39 is 0 Å². The zero-order chi connectivity index (χ0) is 14.1. The highest BCUT2D eigenvalue weighted by atomic mass is 15.5. The van der Waals surface area contributed by atoms with E-state index in [2.05, 4.69) is 60.8 Å². The highest BCUT2D eigenvalue weighted by molar-refractivity contribution is 5.28. The standard InChI is InChI=1S/C15H20N6/c1-2-4-12(5-3-1)7-20-8-13-6-14(9-20)11-21(10-13)15-16-18-19-17-15/h1-5,13-14H,6-11H2,(H,16,17,18,19). The fourth-order valence-electron chi connectivity index (χ4n) is 3.81. The van der Waals surface area contributed by atoms with E-state index in [-0.39, 0.29) is 0 Å². The van der Waals surface area contributed by atoms with Crippen LogP contribution in [0.4, 0.5) is 5.95 Å². The third kappa shape index (κ3) is 2.76. The van der Waals surface area contributed by atoms with E-state index in [1.807, 2.05) is 0 Å². The van der Waals surface area contributed by atoms with E-state index in [1.54, 1.807) is 0 Å².